The van der Waals surface area contributed by atoms with Gasteiger partial charge in [0.05, 0.1) is 11.6 Å². The number of nitrogens with zero attached hydrogens (tertiary/aromatic N) is 2. The van der Waals surface area contributed by atoms with Crippen LogP contribution in [0.5, 0.6) is 0 Å². The molecule has 5 nitrogen and oxygen atoms in total. The molecule has 6 heteroatoms. The maximum absolute atomic E-state index is 12.1. The molecule has 98 valence electrons. The van der Waals surface area contributed by atoms with Gasteiger partial charge < -0.3 is 10.2 Å². The van der Waals surface area contributed by atoms with Crippen LogP contribution < -0.4 is 5.32 Å². The topological polar surface area (TPSA) is 62.3 Å². The lowest BCUT2D eigenvalue weighted by molar-refractivity contribution is -0.136. The monoisotopic (exact) mass is 267 g/mol. The summed E-state index contributed by atoms with van der Waals surface area (Å²) in [5, 5.41) is 3.65. The number of nitrogens with one attached hydrogen (secondary N) is 1. The maximum atomic E-state index is 12.1. The summed E-state index contributed by atoms with van der Waals surface area (Å²) in [5.41, 5.74) is 0.907. The van der Waals surface area contributed by atoms with Gasteiger partial charge in [0.25, 0.3) is 0 Å². The predicted molar refractivity (Wildman–Crippen MR) is 70.5 cm³/mol. The zero-order chi connectivity index (χ0) is 13.1. The van der Waals surface area contributed by atoms with Crippen LogP contribution in [0.4, 0.5) is 5.00 Å². The van der Waals surface area contributed by atoms with Gasteiger partial charge in [-0.3, -0.25) is 9.59 Å². The van der Waals surface area contributed by atoms with Crippen LogP contribution in [0.3, 0.4) is 0 Å². The Bertz CT molecular complexity index is 458. The van der Waals surface area contributed by atoms with Crippen LogP contribution in [0.2, 0.25) is 0 Å². The lowest BCUT2D eigenvalue weighted by Crippen LogP contribution is -2.43. The van der Waals surface area contributed by atoms with Crippen molar-refractivity contribution < 1.29 is 9.59 Å². The van der Waals surface area contributed by atoms with Crippen LogP contribution in [0.1, 0.15) is 25.5 Å². The summed E-state index contributed by atoms with van der Waals surface area (Å²) in [7, 11) is 0. The molecule has 0 aliphatic carbocycles. The van der Waals surface area contributed by atoms with Crippen molar-refractivity contribution in [1.82, 2.24) is 9.27 Å². The van der Waals surface area contributed by atoms with E-state index in [0.29, 0.717) is 25.9 Å². The lowest BCUT2D eigenvalue weighted by atomic mass is 9.97. The first kappa shape index (κ1) is 13.0. The van der Waals surface area contributed by atoms with Crippen LogP contribution in [-0.4, -0.2) is 34.2 Å². The highest BCUT2D eigenvalue weighted by Gasteiger charge is 2.29. The fraction of sp³-hybridized carbons (Fsp3) is 0.583. The summed E-state index contributed by atoms with van der Waals surface area (Å²) in [6, 6.07) is 1.86. The molecule has 1 N–H and O–H groups in total. The predicted octanol–water partition coefficient (Wildman–Crippen LogP) is 1.65. The quantitative estimate of drug-likeness (QED) is 0.905. The molecule has 2 rings (SSSR count). The number of aromatic nitrogens is 1. The molecule has 0 aromatic carbocycles. The molecule has 1 fully saturated rings. The molecule has 0 spiro atoms. The van der Waals surface area contributed by atoms with E-state index in [4.69, 9.17) is 0 Å². The molecule has 1 aliphatic rings. The molecule has 1 aliphatic heterocycles. The second-order valence-electron chi connectivity index (χ2n) is 4.49. The minimum Gasteiger partial charge on any atom is -0.342 e. The molecule has 1 saturated heterocycles. The van der Waals surface area contributed by atoms with E-state index >= 15 is 0 Å². The van der Waals surface area contributed by atoms with E-state index in [-0.39, 0.29) is 17.7 Å². The first-order valence-electron chi connectivity index (χ1n) is 6.12. The highest BCUT2D eigenvalue weighted by molar-refractivity contribution is 7.10. The van der Waals surface area contributed by atoms with Crippen molar-refractivity contribution in [2.24, 2.45) is 5.92 Å². The Hall–Kier alpha value is -1.43. The van der Waals surface area contributed by atoms with Gasteiger partial charge in [-0.1, -0.05) is 0 Å². The summed E-state index contributed by atoms with van der Waals surface area (Å²) < 4.78 is 4.12. The fourth-order valence-electron chi connectivity index (χ4n) is 2.08. The van der Waals surface area contributed by atoms with E-state index in [1.54, 1.807) is 4.90 Å². The Labute approximate surface area is 110 Å². The van der Waals surface area contributed by atoms with Crippen molar-refractivity contribution in [3.8, 4) is 0 Å². The zero-order valence-corrected chi connectivity index (χ0v) is 11.4. The molecule has 18 heavy (non-hydrogen) atoms. The van der Waals surface area contributed by atoms with Gasteiger partial charge in [-0.25, -0.2) is 0 Å². The number of anilines is 1. The number of piperidine rings is 1. The summed E-state index contributed by atoms with van der Waals surface area (Å²) in [4.78, 5) is 25.4. The molecule has 0 saturated carbocycles. The van der Waals surface area contributed by atoms with Gasteiger partial charge in [0, 0.05) is 19.5 Å². The zero-order valence-electron chi connectivity index (χ0n) is 10.6. The Morgan fingerprint density at radius 1 is 1.67 bits per heavy atom. The van der Waals surface area contributed by atoms with Gasteiger partial charge in [-0.2, -0.15) is 4.37 Å². The summed E-state index contributed by atoms with van der Waals surface area (Å²) in [6.45, 7) is 5.02. The first-order valence-corrected chi connectivity index (χ1v) is 6.89. The summed E-state index contributed by atoms with van der Waals surface area (Å²) in [6.07, 6.45) is 1.10. The fourth-order valence-corrected chi connectivity index (χ4v) is 2.74. The number of hydrogen-bond donors (Lipinski definition) is 1. The highest BCUT2D eigenvalue weighted by Crippen LogP contribution is 2.21. The van der Waals surface area contributed by atoms with E-state index in [2.05, 4.69) is 9.69 Å². The smallest absolute Gasteiger partial charge is 0.229 e. The Kier molecular flexibility index (Phi) is 3.96. The normalized spacial score (nSPS) is 20.0. The first-order chi connectivity index (χ1) is 8.60. The number of rotatable bonds is 3. The van der Waals surface area contributed by atoms with Crippen LogP contribution in [0, 0.1) is 12.8 Å². The number of carbonyl (C=O) groups excluding carboxylic acids is 2. The van der Waals surface area contributed by atoms with Crippen molar-refractivity contribution in [2.45, 2.75) is 26.7 Å². The van der Waals surface area contributed by atoms with Gasteiger partial charge >= 0.3 is 0 Å². The van der Waals surface area contributed by atoms with E-state index in [1.165, 1.54) is 11.5 Å². The van der Waals surface area contributed by atoms with E-state index in [9.17, 15) is 9.59 Å². The molecule has 0 unspecified atom stereocenters. The van der Waals surface area contributed by atoms with E-state index in [0.717, 1.165) is 10.7 Å². The van der Waals surface area contributed by atoms with Gasteiger partial charge in [-0.15, -0.1) is 0 Å². The molecule has 1 aromatic rings. The largest absolute Gasteiger partial charge is 0.342 e. The number of hydrogen-bond acceptors (Lipinski definition) is 4. The van der Waals surface area contributed by atoms with Gasteiger partial charge in [0.2, 0.25) is 11.8 Å². The van der Waals surface area contributed by atoms with Crippen LogP contribution in [0.25, 0.3) is 0 Å². The number of aryl methyl sites for hydroxylation is 1. The SMILES string of the molecule is CCN1C[C@@H](C(=O)Nc2cc(C)ns2)CCC1=O. The second kappa shape index (κ2) is 5.48. The lowest BCUT2D eigenvalue weighted by Gasteiger charge is -2.30. The van der Waals surface area contributed by atoms with Gasteiger partial charge in [-0.05, 0) is 37.9 Å². The highest BCUT2D eigenvalue weighted by atomic mass is 32.1. The summed E-state index contributed by atoms with van der Waals surface area (Å²) in [5.74, 6) is 0.0323. The third kappa shape index (κ3) is 2.87. The Morgan fingerprint density at radius 2 is 2.44 bits per heavy atom. The maximum Gasteiger partial charge on any atom is 0.229 e. The second-order valence-corrected chi connectivity index (χ2v) is 5.29. The minimum absolute atomic E-state index is 0.00963. The van der Waals surface area contributed by atoms with Crippen molar-refractivity contribution in [1.29, 1.82) is 0 Å². The van der Waals surface area contributed by atoms with E-state index in [1.807, 2.05) is 19.9 Å². The third-order valence-electron chi connectivity index (χ3n) is 3.13. The van der Waals surface area contributed by atoms with Gasteiger partial charge in [0.15, 0.2) is 0 Å². The third-order valence-corrected chi connectivity index (χ3v) is 3.92. The Morgan fingerprint density at radius 3 is 3.06 bits per heavy atom. The van der Waals surface area contributed by atoms with Gasteiger partial charge in [0.1, 0.15) is 5.00 Å². The van der Waals surface area contributed by atoms with Crippen molar-refractivity contribution in [2.75, 3.05) is 18.4 Å². The average Bonchev–Trinajstić information content (AvgIpc) is 2.75. The van der Waals surface area contributed by atoms with Crippen LogP contribution in [-0.2, 0) is 9.59 Å². The van der Waals surface area contributed by atoms with Crippen LogP contribution in [0.15, 0.2) is 6.07 Å². The average molecular weight is 267 g/mol. The van der Waals surface area contributed by atoms with Crippen LogP contribution >= 0.6 is 11.5 Å². The summed E-state index contributed by atoms with van der Waals surface area (Å²) >= 11 is 1.29. The molecule has 0 bridgehead atoms. The molecule has 2 amide bonds. The molecule has 1 atom stereocenters. The van der Waals surface area contributed by atoms with E-state index < -0.39 is 0 Å². The number of likely N-dealkylation sites (tertiary alicyclic amines) is 1. The Balaban J connectivity index is 1.95. The van der Waals surface area contributed by atoms with Crippen molar-refractivity contribution in [3.05, 3.63) is 11.8 Å². The molecule has 0 radical (unpaired) electrons. The molecule has 2 heterocycles. The number of amides is 2. The van der Waals surface area contributed by atoms with Crippen molar-refractivity contribution in [3.63, 3.8) is 0 Å². The number of carbonyl (C=O) groups is 2. The molecule has 1 aromatic heterocycles. The molecular weight excluding hydrogens is 250 g/mol. The standard InChI is InChI=1S/C12H17N3O2S/c1-3-15-7-9(4-5-11(15)16)12(17)13-10-6-8(2)14-18-10/h6,9H,3-5,7H2,1-2H3,(H,13,17)/t9-/m0/s1. The van der Waals surface area contributed by atoms with Crippen molar-refractivity contribution >= 4 is 28.3 Å². The molecular formula is C12H17N3O2S. The minimum atomic E-state index is -0.106.